The average molecular weight is 259 g/mol. The van der Waals surface area contributed by atoms with E-state index in [1.165, 1.54) is 0 Å². The minimum atomic E-state index is -0.796. The molecule has 3 atom stereocenters. The zero-order valence-corrected chi connectivity index (χ0v) is 10.8. The number of nitrogens with one attached hydrogen (secondary N) is 1. The number of fused-ring (bicyclic) bond motifs is 3. The van der Waals surface area contributed by atoms with Crippen molar-refractivity contribution >= 4 is 11.7 Å². The third kappa shape index (κ3) is 1.87. The van der Waals surface area contributed by atoms with E-state index in [0.717, 1.165) is 23.4 Å². The summed E-state index contributed by atoms with van der Waals surface area (Å²) < 4.78 is 5.60. The fraction of sp³-hybridized carbons (Fsp3) is 0.400. The summed E-state index contributed by atoms with van der Waals surface area (Å²) >= 11 is 0. The molecular formula is C15H17NO3. The molecule has 1 heterocycles. The summed E-state index contributed by atoms with van der Waals surface area (Å²) in [6, 6.07) is 5.35. The predicted octanol–water partition coefficient (Wildman–Crippen LogP) is 2.62. The first-order valence-electron chi connectivity index (χ1n) is 6.64. The summed E-state index contributed by atoms with van der Waals surface area (Å²) in [4.78, 5) is 11.4. The first-order valence-corrected chi connectivity index (χ1v) is 6.64. The van der Waals surface area contributed by atoms with E-state index >= 15 is 0 Å². The lowest BCUT2D eigenvalue weighted by Crippen LogP contribution is -2.41. The van der Waals surface area contributed by atoms with Gasteiger partial charge in [-0.05, 0) is 25.0 Å². The minimum absolute atomic E-state index is 0.0990. The Morgan fingerprint density at radius 3 is 3.11 bits per heavy atom. The van der Waals surface area contributed by atoms with Crippen molar-refractivity contribution in [2.24, 2.45) is 5.92 Å². The van der Waals surface area contributed by atoms with Crippen LogP contribution >= 0.6 is 0 Å². The molecule has 1 aliphatic heterocycles. The van der Waals surface area contributed by atoms with Gasteiger partial charge in [0.25, 0.3) is 0 Å². The second-order valence-electron chi connectivity index (χ2n) is 4.97. The summed E-state index contributed by atoms with van der Waals surface area (Å²) in [7, 11) is 0. The highest BCUT2D eigenvalue weighted by atomic mass is 16.5. The van der Waals surface area contributed by atoms with Crippen molar-refractivity contribution in [3.8, 4) is 5.75 Å². The lowest BCUT2D eigenvalue weighted by molar-refractivity contribution is -0.139. The standard InChI is InChI=1S/C15H17NO3/c1-2-19-12-8-4-7-10-9-5-3-6-11(9)14(15(17)18)16-13(10)12/h3-5,7-9,11,14,16H,2,6H2,1H3,(H,17,18)/t9-,11-,14+/m1/s1. The van der Waals surface area contributed by atoms with E-state index in [-0.39, 0.29) is 11.8 Å². The molecule has 0 saturated heterocycles. The number of anilines is 1. The number of benzene rings is 1. The van der Waals surface area contributed by atoms with Crippen molar-refractivity contribution in [3.05, 3.63) is 35.9 Å². The van der Waals surface area contributed by atoms with Gasteiger partial charge >= 0.3 is 5.97 Å². The Kier molecular flexibility index (Phi) is 2.93. The van der Waals surface area contributed by atoms with Crippen LogP contribution < -0.4 is 10.1 Å². The molecule has 0 radical (unpaired) electrons. The van der Waals surface area contributed by atoms with Crippen molar-refractivity contribution < 1.29 is 14.6 Å². The highest BCUT2D eigenvalue weighted by Crippen LogP contribution is 2.47. The maximum atomic E-state index is 11.4. The molecule has 1 aromatic rings. The smallest absolute Gasteiger partial charge is 0.326 e. The Morgan fingerprint density at radius 2 is 2.37 bits per heavy atom. The molecule has 0 fully saturated rings. The van der Waals surface area contributed by atoms with Crippen molar-refractivity contribution in [2.45, 2.75) is 25.3 Å². The summed E-state index contributed by atoms with van der Waals surface area (Å²) in [5.74, 6) is 0.222. The molecule has 0 aromatic heterocycles. The summed E-state index contributed by atoms with van der Waals surface area (Å²) in [5.41, 5.74) is 1.98. The van der Waals surface area contributed by atoms with Crippen LogP contribution in [0.25, 0.3) is 0 Å². The summed E-state index contributed by atoms with van der Waals surface area (Å²) in [6.07, 6.45) is 5.01. The molecule has 2 N–H and O–H groups in total. The molecule has 1 aliphatic carbocycles. The number of hydrogen-bond donors (Lipinski definition) is 2. The molecule has 0 bridgehead atoms. The van der Waals surface area contributed by atoms with Gasteiger partial charge in [-0.1, -0.05) is 24.3 Å². The Balaban J connectivity index is 2.07. The Morgan fingerprint density at radius 1 is 1.53 bits per heavy atom. The van der Waals surface area contributed by atoms with E-state index in [4.69, 9.17) is 4.74 Å². The predicted molar refractivity (Wildman–Crippen MR) is 72.6 cm³/mol. The van der Waals surface area contributed by atoms with Gasteiger partial charge in [0.15, 0.2) is 0 Å². The van der Waals surface area contributed by atoms with Gasteiger partial charge in [0, 0.05) is 11.8 Å². The van der Waals surface area contributed by atoms with Crippen LogP contribution in [0.15, 0.2) is 30.4 Å². The highest BCUT2D eigenvalue weighted by molar-refractivity contribution is 5.82. The maximum Gasteiger partial charge on any atom is 0.326 e. The van der Waals surface area contributed by atoms with Crippen LogP contribution in [0.1, 0.15) is 24.8 Å². The quantitative estimate of drug-likeness (QED) is 0.819. The molecule has 4 heteroatoms. The number of hydrogen-bond acceptors (Lipinski definition) is 3. The summed E-state index contributed by atoms with van der Waals surface area (Å²) in [6.45, 7) is 2.50. The first-order chi connectivity index (χ1) is 9.22. The van der Waals surface area contributed by atoms with Gasteiger partial charge in [-0.3, -0.25) is 0 Å². The van der Waals surface area contributed by atoms with Crippen LogP contribution in [0.2, 0.25) is 0 Å². The zero-order valence-electron chi connectivity index (χ0n) is 10.8. The van der Waals surface area contributed by atoms with E-state index < -0.39 is 12.0 Å². The highest BCUT2D eigenvalue weighted by Gasteiger charge is 2.41. The number of rotatable bonds is 3. The Labute approximate surface area is 112 Å². The second kappa shape index (κ2) is 4.61. The molecule has 0 saturated carbocycles. The van der Waals surface area contributed by atoms with Gasteiger partial charge in [0.2, 0.25) is 0 Å². The van der Waals surface area contributed by atoms with E-state index in [0.29, 0.717) is 6.61 Å². The maximum absolute atomic E-state index is 11.4. The van der Waals surface area contributed by atoms with E-state index in [1.807, 2.05) is 19.1 Å². The molecule has 100 valence electrons. The second-order valence-corrected chi connectivity index (χ2v) is 4.97. The average Bonchev–Trinajstić information content (AvgIpc) is 2.87. The first kappa shape index (κ1) is 12.1. The van der Waals surface area contributed by atoms with Crippen molar-refractivity contribution in [1.29, 1.82) is 0 Å². The Bertz CT molecular complexity index is 538. The number of carboxylic acid groups (broad SMARTS) is 1. The fourth-order valence-electron chi connectivity index (χ4n) is 3.11. The van der Waals surface area contributed by atoms with Crippen LogP contribution in [0, 0.1) is 5.92 Å². The van der Waals surface area contributed by atoms with Gasteiger partial charge in [0.1, 0.15) is 11.8 Å². The molecule has 0 unspecified atom stereocenters. The van der Waals surface area contributed by atoms with Crippen LogP contribution in [-0.4, -0.2) is 23.7 Å². The van der Waals surface area contributed by atoms with Gasteiger partial charge in [0.05, 0.1) is 12.3 Å². The van der Waals surface area contributed by atoms with Crippen LogP contribution in [0.4, 0.5) is 5.69 Å². The summed E-state index contributed by atoms with van der Waals surface area (Å²) in [5, 5.41) is 12.6. The third-order valence-electron chi connectivity index (χ3n) is 3.92. The van der Waals surface area contributed by atoms with E-state index in [1.54, 1.807) is 0 Å². The molecule has 0 amide bonds. The largest absolute Gasteiger partial charge is 0.492 e. The number of carbonyl (C=O) groups is 1. The Hall–Kier alpha value is -1.97. The molecule has 2 aliphatic rings. The molecule has 19 heavy (non-hydrogen) atoms. The SMILES string of the molecule is CCOc1cccc2c1N[C@H](C(=O)O)[C@@H]1CC=C[C@H]21. The lowest BCUT2D eigenvalue weighted by atomic mass is 9.79. The van der Waals surface area contributed by atoms with Gasteiger partial charge in [-0.25, -0.2) is 4.79 Å². The molecule has 4 nitrogen and oxygen atoms in total. The van der Waals surface area contributed by atoms with E-state index in [2.05, 4.69) is 23.5 Å². The van der Waals surface area contributed by atoms with Crippen molar-refractivity contribution in [2.75, 3.05) is 11.9 Å². The van der Waals surface area contributed by atoms with Crippen LogP contribution in [0.5, 0.6) is 5.75 Å². The lowest BCUT2D eigenvalue weighted by Gasteiger charge is -2.35. The fourth-order valence-corrected chi connectivity index (χ4v) is 3.11. The van der Waals surface area contributed by atoms with Crippen molar-refractivity contribution in [3.63, 3.8) is 0 Å². The zero-order chi connectivity index (χ0) is 13.4. The van der Waals surface area contributed by atoms with Crippen molar-refractivity contribution in [1.82, 2.24) is 0 Å². The van der Waals surface area contributed by atoms with Crippen LogP contribution in [0.3, 0.4) is 0 Å². The van der Waals surface area contributed by atoms with E-state index in [9.17, 15) is 9.90 Å². The number of allylic oxidation sites excluding steroid dienone is 2. The monoisotopic (exact) mass is 259 g/mol. The van der Waals surface area contributed by atoms with Gasteiger partial charge in [-0.2, -0.15) is 0 Å². The molecule has 0 spiro atoms. The number of aliphatic carboxylic acids is 1. The normalized spacial score (nSPS) is 27.3. The van der Waals surface area contributed by atoms with Gasteiger partial charge in [-0.15, -0.1) is 0 Å². The molecular weight excluding hydrogens is 242 g/mol. The molecule has 3 rings (SSSR count). The third-order valence-corrected chi connectivity index (χ3v) is 3.92. The number of para-hydroxylation sites is 1. The molecule has 1 aromatic carbocycles. The van der Waals surface area contributed by atoms with Gasteiger partial charge < -0.3 is 15.2 Å². The topological polar surface area (TPSA) is 58.6 Å². The number of carboxylic acids is 1. The van der Waals surface area contributed by atoms with Crippen LogP contribution in [-0.2, 0) is 4.79 Å². The minimum Gasteiger partial charge on any atom is -0.492 e. The number of ether oxygens (including phenoxy) is 1.